The molecule has 0 amide bonds. The lowest BCUT2D eigenvalue weighted by molar-refractivity contribution is -0.146. The largest absolute Gasteiger partial charge is 0.373 e. The van der Waals surface area contributed by atoms with Crippen LogP contribution in [0.3, 0.4) is 0 Å². The molecule has 0 saturated heterocycles. The van der Waals surface area contributed by atoms with E-state index in [4.69, 9.17) is 9.47 Å². The Balaban J connectivity index is 4.26. The van der Waals surface area contributed by atoms with E-state index in [0.717, 1.165) is 6.42 Å². The summed E-state index contributed by atoms with van der Waals surface area (Å²) in [5.41, 5.74) is -0.342. The highest BCUT2D eigenvalue weighted by molar-refractivity contribution is 4.78. The Bertz CT molecular complexity index is 206. The van der Waals surface area contributed by atoms with Gasteiger partial charge >= 0.3 is 0 Å². The summed E-state index contributed by atoms with van der Waals surface area (Å²) in [4.78, 5) is 0. The molecule has 0 aromatic heterocycles. The Morgan fingerprint density at radius 1 is 0.812 bits per heavy atom. The number of hydrogen-bond donors (Lipinski definition) is 0. The minimum Gasteiger partial charge on any atom is -0.373 e. The molecule has 2 nitrogen and oxygen atoms in total. The highest BCUT2D eigenvalue weighted by Crippen LogP contribution is 2.26. The van der Waals surface area contributed by atoms with Crippen molar-refractivity contribution in [1.82, 2.24) is 0 Å². The lowest BCUT2D eigenvalue weighted by atomic mass is 9.99. The summed E-state index contributed by atoms with van der Waals surface area (Å²) in [6.45, 7) is 18.9. The molecule has 98 valence electrons. The van der Waals surface area contributed by atoms with Crippen LogP contribution in [0.2, 0.25) is 0 Å². The molecule has 0 N–H and O–H groups in total. The Kier molecular flexibility index (Phi) is 5.03. The van der Waals surface area contributed by atoms with Crippen molar-refractivity contribution in [2.75, 3.05) is 0 Å². The van der Waals surface area contributed by atoms with Gasteiger partial charge in [0.1, 0.15) is 0 Å². The Hall–Kier alpha value is -0.0800. The maximum Gasteiger partial charge on any atom is 0.0658 e. The number of rotatable bonds is 4. The summed E-state index contributed by atoms with van der Waals surface area (Å²) >= 11 is 0. The second-order valence-corrected chi connectivity index (χ2v) is 7.22. The third-order valence-electron chi connectivity index (χ3n) is 1.92. The van der Waals surface area contributed by atoms with Crippen molar-refractivity contribution >= 4 is 0 Å². The van der Waals surface area contributed by atoms with E-state index in [1.54, 1.807) is 0 Å². The van der Waals surface area contributed by atoms with Gasteiger partial charge in [0.15, 0.2) is 0 Å². The fraction of sp³-hybridized carbons (Fsp3) is 1.00. The second-order valence-electron chi connectivity index (χ2n) is 7.22. The monoisotopic (exact) mass is 230 g/mol. The molecule has 1 unspecified atom stereocenters. The molecule has 0 aromatic rings. The highest BCUT2D eigenvalue weighted by atomic mass is 16.5. The van der Waals surface area contributed by atoms with Crippen LogP contribution in [0.25, 0.3) is 0 Å². The molecule has 0 rings (SSSR count). The standard InChI is InChI=1S/C14H30O2/c1-11(15-12(2,3)4)10-14(8,9)16-13(5,6)7/h11H,10H2,1-9H3. The zero-order valence-corrected chi connectivity index (χ0v) is 12.6. The van der Waals surface area contributed by atoms with Crippen molar-refractivity contribution < 1.29 is 9.47 Å². The van der Waals surface area contributed by atoms with Gasteiger partial charge < -0.3 is 9.47 Å². The highest BCUT2D eigenvalue weighted by Gasteiger charge is 2.29. The van der Waals surface area contributed by atoms with Crippen LogP contribution in [0.5, 0.6) is 0 Å². The van der Waals surface area contributed by atoms with Gasteiger partial charge in [0.05, 0.1) is 22.9 Å². The molecule has 0 aromatic carbocycles. The second kappa shape index (κ2) is 5.05. The summed E-state index contributed by atoms with van der Waals surface area (Å²) in [7, 11) is 0. The predicted octanol–water partition coefficient (Wildman–Crippen LogP) is 4.17. The number of hydrogen-bond acceptors (Lipinski definition) is 2. The predicted molar refractivity (Wildman–Crippen MR) is 69.8 cm³/mol. The molecule has 0 spiro atoms. The van der Waals surface area contributed by atoms with E-state index in [9.17, 15) is 0 Å². The Morgan fingerprint density at radius 3 is 1.56 bits per heavy atom. The average molecular weight is 230 g/mol. The molecule has 1 atom stereocenters. The van der Waals surface area contributed by atoms with E-state index in [-0.39, 0.29) is 22.9 Å². The van der Waals surface area contributed by atoms with Gasteiger partial charge in [0, 0.05) is 6.42 Å². The van der Waals surface area contributed by atoms with Crippen LogP contribution in [0, 0.1) is 0 Å². The van der Waals surface area contributed by atoms with E-state index in [1.165, 1.54) is 0 Å². The quantitative estimate of drug-likeness (QED) is 0.721. The van der Waals surface area contributed by atoms with Gasteiger partial charge in [-0.15, -0.1) is 0 Å². The normalized spacial score (nSPS) is 16.3. The molecule has 0 bridgehead atoms. The maximum absolute atomic E-state index is 6.03. The molecule has 2 heteroatoms. The molecule has 0 radical (unpaired) electrons. The first-order chi connectivity index (χ1) is 6.81. The first-order valence-corrected chi connectivity index (χ1v) is 6.19. The van der Waals surface area contributed by atoms with Crippen LogP contribution in [0.4, 0.5) is 0 Å². The molecule has 0 saturated carbocycles. The SMILES string of the molecule is CC(CC(C)(C)OC(C)(C)C)OC(C)(C)C. The van der Waals surface area contributed by atoms with Crippen molar-refractivity contribution in [2.45, 2.75) is 91.6 Å². The fourth-order valence-corrected chi connectivity index (χ4v) is 2.21. The first kappa shape index (κ1) is 15.9. The summed E-state index contributed by atoms with van der Waals surface area (Å²) in [5.74, 6) is 0. The van der Waals surface area contributed by atoms with E-state index < -0.39 is 0 Å². The molecule has 0 aliphatic heterocycles. The lowest BCUT2D eigenvalue weighted by Crippen LogP contribution is -2.39. The van der Waals surface area contributed by atoms with Crippen molar-refractivity contribution in [2.24, 2.45) is 0 Å². The van der Waals surface area contributed by atoms with Crippen LogP contribution >= 0.6 is 0 Å². The topological polar surface area (TPSA) is 18.5 Å². The third-order valence-corrected chi connectivity index (χ3v) is 1.92. The summed E-state index contributed by atoms with van der Waals surface area (Å²) < 4.78 is 11.9. The van der Waals surface area contributed by atoms with Crippen molar-refractivity contribution in [3.05, 3.63) is 0 Å². The van der Waals surface area contributed by atoms with Gasteiger partial charge in [0.25, 0.3) is 0 Å². The van der Waals surface area contributed by atoms with E-state index in [2.05, 4.69) is 62.3 Å². The third kappa shape index (κ3) is 9.17. The summed E-state index contributed by atoms with van der Waals surface area (Å²) in [6.07, 6.45) is 1.11. The van der Waals surface area contributed by atoms with Crippen LogP contribution < -0.4 is 0 Å². The van der Waals surface area contributed by atoms with Gasteiger partial charge in [-0.1, -0.05) is 0 Å². The zero-order chi connectivity index (χ0) is 13.2. The van der Waals surface area contributed by atoms with Crippen molar-refractivity contribution in [3.8, 4) is 0 Å². The van der Waals surface area contributed by atoms with E-state index >= 15 is 0 Å². The molecule has 0 fully saturated rings. The number of ether oxygens (including phenoxy) is 2. The average Bonchev–Trinajstić information content (AvgIpc) is 1.70. The zero-order valence-electron chi connectivity index (χ0n) is 12.6. The Labute approximate surface area is 102 Å². The molecular formula is C14H30O2. The van der Waals surface area contributed by atoms with Gasteiger partial charge in [0.2, 0.25) is 0 Å². The molecule has 16 heavy (non-hydrogen) atoms. The van der Waals surface area contributed by atoms with Gasteiger partial charge in [-0.05, 0) is 62.3 Å². The van der Waals surface area contributed by atoms with Crippen molar-refractivity contribution in [1.29, 1.82) is 0 Å². The van der Waals surface area contributed by atoms with Crippen LogP contribution in [0.15, 0.2) is 0 Å². The van der Waals surface area contributed by atoms with Crippen LogP contribution in [-0.4, -0.2) is 22.9 Å². The molecular weight excluding hydrogens is 200 g/mol. The van der Waals surface area contributed by atoms with Gasteiger partial charge in [-0.25, -0.2) is 0 Å². The minimum atomic E-state index is -0.150. The van der Waals surface area contributed by atoms with E-state index in [0.29, 0.717) is 0 Å². The summed E-state index contributed by atoms with van der Waals surface area (Å²) in [6, 6.07) is 0. The van der Waals surface area contributed by atoms with Crippen molar-refractivity contribution in [3.63, 3.8) is 0 Å². The van der Waals surface area contributed by atoms with Gasteiger partial charge in [-0.2, -0.15) is 0 Å². The maximum atomic E-state index is 6.03. The minimum absolute atomic E-state index is 0.0861. The van der Waals surface area contributed by atoms with Gasteiger partial charge in [-0.3, -0.25) is 0 Å². The molecule has 0 aliphatic carbocycles. The molecule has 0 aliphatic rings. The lowest BCUT2D eigenvalue weighted by Gasteiger charge is -2.37. The van der Waals surface area contributed by atoms with Crippen LogP contribution in [-0.2, 0) is 9.47 Å². The fourth-order valence-electron chi connectivity index (χ4n) is 2.21. The summed E-state index contributed by atoms with van der Waals surface area (Å²) in [5, 5.41) is 0. The first-order valence-electron chi connectivity index (χ1n) is 6.19. The smallest absolute Gasteiger partial charge is 0.0658 e. The van der Waals surface area contributed by atoms with E-state index in [1.807, 2.05) is 0 Å². The van der Waals surface area contributed by atoms with Crippen LogP contribution in [0.1, 0.15) is 68.7 Å². The Morgan fingerprint density at radius 2 is 1.25 bits per heavy atom. The molecule has 0 heterocycles.